The number of hydrogen-bond donors (Lipinski definition) is 2. The minimum atomic E-state index is -0.0319. The Morgan fingerprint density at radius 3 is 2.89 bits per heavy atom. The summed E-state index contributed by atoms with van der Waals surface area (Å²) in [6.07, 6.45) is 0.410. The van der Waals surface area contributed by atoms with Crippen LogP contribution in [0.1, 0.15) is 30.4 Å². The third-order valence-corrected chi connectivity index (χ3v) is 3.00. The molecule has 0 radical (unpaired) electrons. The summed E-state index contributed by atoms with van der Waals surface area (Å²) in [7, 11) is 0. The number of hydrogen-bond acceptors (Lipinski definition) is 4. The fraction of sp³-hybridized carbons (Fsp3) is 0.385. The van der Waals surface area contributed by atoms with Crippen LogP contribution in [0, 0.1) is 11.3 Å². The van der Waals surface area contributed by atoms with E-state index in [0.29, 0.717) is 16.4 Å². The van der Waals surface area contributed by atoms with Gasteiger partial charge in [-0.05, 0) is 29.7 Å². The fourth-order valence-electron chi connectivity index (χ4n) is 1.64. The minimum Gasteiger partial charge on any atom is -0.491 e. The maximum absolute atomic E-state index is 8.77. The standard InChI is InChI=1S/C13H15NO2S2/c1-9(4-5-14)12-8-10(16-7-6-15)2-3-11(12)13(17)18/h2-3,8-9,15H,4,6-7H2,1H3,(H,17,18). The van der Waals surface area contributed by atoms with Gasteiger partial charge >= 0.3 is 0 Å². The highest BCUT2D eigenvalue weighted by Crippen LogP contribution is 2.28. The van der Waals surface area contributed by atoms with E-state index in [4.69, 9.17) is 27.3 Å². The van der Waals surface area contributed by atoms with Crippen LogP contribution >= 0.6 is 24.8 Å². The SMILES string of the molecule is CC(CC#N)c1cc(OCCO)ccc1C(=S)S. The molecule has 0 amide bonds. The average molecular weight is 281 g/mol. The van der Waals surface area contributed by atoms with Crippen LogP contribution < -0.4 is 4.74 Å². The summed E-state index contributed by atoms with van der Waals surface area (Å²) in [5.41, 5.74) is 1.81. The van der Waals surface area contributed by atoms with Gasteiger partial charge in [0.1, 0.15) is 12.4 Å². The molecule has 1 N–H and O–H groups in total. The van der Waals surface area contributed by atoms with E-state index in [9.17, 15) is 0 Å². The quantitative estimate of drug-likeness (QED) is 0.622. The van der Waals surface area contributed by atoms with E-state index in [1.54, 1.807) is 6.07 Å². The van der Waals surface area contributed by atoms with Crippen molar-refractivity contribution in [3.05, 3.63) is 29.3 Å². The lowest BCUT2D eigenvalue weighted by molar-refractivity contribution is 0.201. The molecule has 5 heteroatoms. The van der Waals surface area contributed by atoms with Crippen LogP contribution in [0.15, 0.2) is 18.2 Å². The summed E-state index contributed by atoms with van der Waals surface area (Å²) < 4.78 is 5.86. The van der Waals surface area contributed by atoms with E-state index in [-0.39, 0.29) is 19.1 Å². The molecule has 1 atom stereocenters. The predicted octanol–water partition coefficient (Wildman–Crippen LogP) is 2.68. The summed E-state index contributed by atoms with van der Waals surface area (Å²) in [5, 5.41) is 17.5. The fourth-order valence-corrected chi connectivity index (χ4v) is 2.03. The Morgan fingerprint density at radius 2 is 2.33 bits per heavy atom. The zero-order valence-electron chi connectivity index (χ0n) is 10.1. The molecule has 0 saturated heterocycles. The highest BCUT2D eigenvalue weighted by molar-refractivity contribution is 8.11. The lowest BCUT2D eigenvalue weighted by Gasteiger charge is -2.15. The van der Waals surface area contributed by atoms with Gasteiger partial charge in [-0.3, -0.25) is 0 Å². The summed E-state index contributed by atoms with van der Waals surface area (Å²) in [5.74, 6) is 0.727. The van der Waals surface area contributed by atoms with Crippen molar-refractivity contribution in [1.29, 1.82) is 5.26 Å². The molecule has 0 bridgehead atoms. The number of aliphatic hydroxyl groups excluding tert-OH is 1. The first-order chi connectivity index (χ1) is 8.60. The van der Waals surface area contributed by atoms with E-state index in [2.05, 4.69) is 18.7 Å². The molecule has 0 spiro atoms. The van der Waals surface area contributed by atoms with E-state index in [1.807, 2.05) is 19.1 Å². The first-order valence-corrected chi connectivity index (χ1v) is 6.43. The molecule has 1 aromatic rings. The number of rotatable bonds is 6. The van der Waals surface area contributed by atoms with Crippen LogP contribution in [-0.2, 0) is 0 Å². The third-order valence-electron chi connectivity index (χ3n) is 2.54. The van der Waals surface area contributed by atoms with Crippen molar-refractivity contribution in [3.63, 3.8) is 0 Å². The summed E-state index contributed by atoms with van der Waals surface area (Å²) in [6, 6.07) is 7.63. The second-order valence-corrected chi connectivity index (χ2v) is 5.05. The van der Waals surface area contributed by atoms with E-state index in [1.165, 1.54) is 0 Å². The number of ether oxygens (including phenoxy) is 1. The molecule has 0 saturated carbocycles. The van der Waals surface area contributed by atoms with Gasteiger partial charge in [-0.2, -0.15) is 5.26 Å². The molecule has 1 unspecified atom stereocenters. The Morgan fingerprint density at radius 1 is 1.61 bits per heavy atom. The zero-order valence-corrected chi connectivity index (χ0v) is 11.8. The maximum Gasteiger partial charge on any atom is 0.119 e. The molecule has 1 aromatic carbocycles. The molecule has 96 valence electrons. The van der Waals surface area contributed by atoms with Gasteiger partial charge in [-0.1, -0.05) is 19.1 Å². The topological polar surface area (TPSA) is 53.2 Å². The minimum absolute atomic E-state index is 0.0319. The molecule has 18 heavy (non-hydrogen) atoms. The highest BCUT2D eigenvalue weighted by atomic mass is 32.1. The average Bonchev–Trinajstić information content (AvgIpc) is 2.36. The number of aliphatic hydroxyl groups is 1. The van der Waals surface area contributed by atoms with Crippen LogP contribution in [0.2, 0.25) is 0 Å². The van der Waals surface area contributed by atoms with Crippen molar-refractivity contribution in [1.82, 2.24) is 0 Å². The highest BCUT2D eigenvalue weighted by Gasteiger charge is 2.13. The zero-order chi connectivity index (χ0) is 13.5. The van der Waals surface area contributed by atoms with Gasteiger partial charge in [0.25, 0.3) is 0 Å². The van der Waals surface area contributed by atoms with Crippen molar-refractivity contribution in [2.24, 2.45) is 0 Å². The van der Waals surface area contributed by atoms with Crippen molar-refractivity contribution >= 4 is 29.0 Å². The van der Waals surface area contributed by atoms with Crippen LogP contribution in [0.25, 0.3) is 0 Å². The van der Waals surface area contributed by atoms with Gasteiger partial charge in [0.15, 0.2) is 0 Å². The second-order valence-electron chi connectivity index (χ2n) is 3.89. The first kappa shape index (κ1) is 15.0. The van der Waals surface area contributed by atoms with E-state index < -0.39 is 0 Å². The molecule has 0 heterocycles. The Bertz CT molecular complexity index is 469. The number of thiol groups is 1. The molecule has 0 aliphatic rings. The maximum atomic E-state index is 8.77. The monoisotopic (exact) mass is 281 g/mol. The number of nitriles is 1. The van der Waals surface area contributed by atoms with Gasteiger partial charge in [-0.15, -0.1) is 12.6 Å². The molecular formula is C13H15NO2S2. The Balaban J connectivity index is 3.07. The molecule has 3 nitrogen and oxygen atoms in total. The molecule has 0 aliphatic carbocycles. The summed E-state index contributed by atoms with van der Waals surface area (Å²) >= 11 is 9.28. The van der Waals surface area contributed by atoms with Crippen molar-refractivity contribution in [2.45, 2.75) is 19.3 Å². The summed E-state index contributed by atoms with van der Waals surface area (Å²) in [4.78, 5) is 0. The van der Waals surface area contributed by atoms with Gasteiger partial charge in [-0.25, -0.2) is 0 Å². The first-order valence-electron chi connectivity index (χ1n) is 5.58. The van der Waals surface area contributed by atoms with Crippen LogP contribution in [0.5, 0.6) is 5.75 Å². The van der Waals surface area contributed by atoms with Crippen LogP contribution in [0.4, 0.5) is 0 Å². The summed E-state index contributed by atoms with van der Waals surface area (Å²) in [6.45, 7) is 2.18. The second kappa shape index (κ2) is 7.37. The number of thiocarbonyl (C=S) groups is 1. The van der Waals surface area contributed by atoms with Crippen molar-refractivity contribution in [3.8, 4) is 11.8 Å². The third kappa shape index (κ3) is 3.98. The van der Waals surface area contributed by atoms with Crippen molar-refractivity contribution in [2.75, 3.05) is 13.2 Å². The van der Waals surface area contributed by atoms with Gasteiger partial charge in [0.05, 0.1) is 16.9 Å². The van der Waals surface area contributed by atoms with Crippen molar-refractivity contribution < 1.29 is 9.84 Å². The smallest absolute Gasteiger partial charge is 0.119 e. The molecule has 1 rings (SSSR count). The lowest BCUT2D eigenvalue weighted by atomic mass is 9.94. The van der Waals surface area contributed by atoms with Gasteiger partial charge in [0, 0.05) is 12.0 Å². The molecular weight excluding hydrogens is 266 g/mol. The van der Waals surface area contributed by atoms with Gasteiger partial charge in [0.2, 0.25) is 0 Å². The largest absolute Gasteiger partial charge is 0.491 e. The Kier molecular flexibility index (Phi) is 6.13. The van der Waals surface area contributed by atoms with Gasteiger partial charge < -0.3 is 9.84 Å². The van der Waals surface area contributed by atoms with Crippen LogP contribution in [0.3, 0.4) is 0 Å². The number of benzene rings is 1. The number of nitrogens with zero attached hydrogens (tertiary/aromatic N) is 1. The Labute approximate surface area is 118 Å². The van der Waals surface area contributed by atoms with E-state index >= 15 is 0 Å². The Hall–Kier alpha value is -1.09. The molecule has 0 fully saturated rings. The molecule has 0 aliphatic heterocycles. The van der Waals surface area contributed by atoms with Crippen LogP contribution in [-0.4, -0.2) is 22.5 Å². The normalized spacial score (nSPS) is 11.7. The lowest BCUT2D eigenvalue weighted by Crippen LogP contribution is -2.05. The predicted molar refractivity (Wildman–Crippen MR) is 78.4 cm³/mol. The van der Waals surface area contributed by atoms with E-state index in [0.717, 1.165) is 11.1 Å². The molecule has 0 aromatic heterocycles.